The van der Waals surface area contributed by atoms with Crippen molar-refractivity contribution in [1.29, 1.82) is 0 Å². The zero-order valence-corrected chi connectivity index (χ0v) is 14.2. The highest BCUT2D eigenvalue weighted by Crippen LogP contribution is 2.37. The summed E-state index contributed by atoms with van der Waals surface area (Å²) >= 11 is -0.199. The Morgan fingerprint density at radius 3 is 2.08 bits per heavy atom. The number of aliphatic hydroxyl groups excluding tert-OH is 1. The highest BCUT2D eigenvalue weighted by molar-refractivity contribution is 8.00. The number of ketones is 2. The average Bonchev–Trinajstić information content (AvgIpc) is 2.60. The summed E-state index contributed by atoms with van der Waals surface area (Å²) in [7, 11) is 0. The Bertz CT molecular complexity index is 899. The Morgan fingerprint density at radius 2 is 1.46 bits per heavy atom. The molecule has 0 saturated carbocycles. The topological polar surface area (TPSA) is 54.4 Å². The molecule has 3 nitrogen and oxygen atoms in total. The number of hydrogen-bond acceptors (Lipinski definition) is 4. The zero-order chi connectivity index (χ0) is 18.9. The van der Waals surface area contributed by atoms with Gasteiger partial charge in [0.25, 0.3) is 0 Å². The summed E-state index contributed by atoms with van der Waals surface area (Å²) in [6, 6.07) is 12.1. The van der Waals surface area contributed by atoms with E-state index in [0.717, 1.165) is 0 Å². The van der Waals surface area contributed by atoms with Crippen LogP contribution < -0.4 is 0 Å². The van der Waals surface area contributed by atoms with Crippen LogP contribution in [0.5, 0.6) is 0 Å². The van der Waals surface area contributed by atoms with Crippen molar-refractivity contribution >= 4 is 29.1 Å². The van der Waals surface area contributed by atoms with Crippen LogP contribution in [0.15, 0.2) is 59.0 Å². The second-order valence-electron chi connectivity index (χ2n) is 5.72. The molecule has 0 fully saturated rings. The summed E-state index contributed by atoms with van der Waals surface area (Å²) in [5.74, 6) is -1.62. The zero-order valence-electron chi connectivity index (χ0n) is 13.3. The van der Waals surface area contributed by atoms with Crippen molar-refractivity contribution in [1.82, 2.24) is 0 Å². The maximum absolute atomic E-state index is 12.3. The SMILES string of the molecule is O=C1C(=O)c2ccccc2C(O)=C1CCc1ccc(SC(F)(F)F)cc1. The molecule has 0 atom stereocenters. The average molecular weight is 378 g/mol. The smallest absolute Gasteiger partial charge is 0.446 e. The molecule has 7 heteroatoms. The van der Waals surface area contributed by atoms with E-state index < -0.39 is 17.1 Å². The lowest BCUT2D eigenvalue weighted by molar-refractivity contribution is -0.112. The van der Waals surface area contributed by atoms with Gasteiger partial charge in [-0.15, -0.1) is 0 Å². The van der Waals surface area contributed by atoms with Crippen molar-refractivity contribution < 1.29 is 27.9 Å². The predicted molar refractivity (Wildman–Crippen MR) is 92.0 cm³/mol. The first-order chi connectivity index (χ1) is 12.3. The van der Waals surface area contributed by atoms with Gasteiger partial charge in [0, 0.05) is 21.6 Å². The second kappa shape index (κ2) is 6.99. The molecule has 0 radical (unpaired) electrons. The number of hydrogen-bond donors (Lipinski definition) is 1. The van der Waals surface area contributed by atoms with Crippen LogP contribution in [0.25, 0.3) is 5.76 Å². The number of carbonyl (C=O) groups is 2. The summed E-state index contributed by atoms with van der Waals surface area (Å²) in [6.45, 7) is 0. The first-order valence-corrected chi connectivity index (χ1v) is 8.53. The number of rotatable bonds is 4. The van der Waals surface area contributed by atoms with Crippen LogP contribution in [0, 0.1) is 0 Å². The first-order valence-electron chi connectivity index (χ1n) is 7.71. The molecule has 0 heterocycles. The van der Waals surface area contributed by atoms with Gasteiger partial charge in [-0.25, -0.2) is 0 Å². The molecule has 134 valence electrons. The van der Waals surface area contributed by atoms with Crippen LogP contribution in [-0.2, 0) is 11.2 Å². The van der Waals surface area contributed by atoms with E-state index in [1.165, 1.54) is 30.3 Å². The Hall–Kier alpha value is -2.54. The molecule has 0 saturated heterocycles. The molecular formula is C19H13F3O3S. The van der Waals surface area contributed by atoms with Gasteiger partial charge in [-0.3, -0.25) is 9.59 Å². The van der Waals surface area contributed by atoms with Crippen molar-refractivity contribution in [2.75, 3.05) is 0 Å². The number of allylic oxidation sites excluding steroid dienone is 1. The monoisotopic (exact) mass is 378 g/mol. The lowest BCUT2D eigenvalue weighted by atomic mass is 9.86. The minimum Gasteiger partial charge on any atom is -0.507 e. The molecular weight excluding hydrogens is 365 g/mol. The van der Waals surface area contributed by atoms with Gasteiger partial charge in [0.05, 0.1) is 0 Å². The Balaban J connectivity index is 1.77. The van der Waals surface area contributed by atoms with E-state index in [4.69, 9.17) is 0 Å². The number of benzene rings is 2. The Labute approximate surface area is 151 Å². The molecule has 0 spiro atoms. The molecule has 1 N–H and O–H groups in total. The van der Waals surface area contributed by atoms with Crippen LogP contribution in [0.2, 0.25) is 0 Å². The molecule has 0 aromatic heterocycles. The molecule has 0 aliphatic heterocycles. The van der Waals surface area contributed by atoms with Gasteiger partial charge >= 0.3 is 5.51 Å². The maximum atomic E-state index is 12.3. The molecule has 1 aliphatic rings. The van der Waals surface area contributed by atoms with E-state index in [-0.39, 0.29) is 40.0 Å². The molecule has 26 heavy (non-hydrogen) atoms. The highest BCUT2D eigenvalue weighted by Gasteiger charge is 2.32. The number of halogens is 3. The Morgan fingerprint density at radius 1 is 0.846 bits per heavy atom. The van der Waals surface area contributed by atoms with Crippen LogP contribution >= 0.6 is 11.8 Å². The molecule has 0 bridgehead atoms. The van der Waals surface area contributed by atoms with E-state index in [1.54, 1.807) is 18.2 Å². The minimum atomic E-state index is -4.35. The number of alkyl halides is 3. The fraction of sp³-hybridized carbons (Fsp3) is 0.158. The van der Waals surface area contributed by atoms with Crippen LogP contribution in [0.3, 0.4) is 0 Å². The summed E-state index contributed by atoms with van der Waals surface area (Å²) < 4.78 is 37.0. The third kappa shape index (κ3) is 3.83. The number of aryl methyl sites for hydroxylation is 1. The summed E-state index contributed by atoms with van der Waals surface area (Å²) in [5.41, 5.74) is -3.12. The van der Waals surface area contributed by atoms with Crippen molar-refractivity contribution in [3.8, 4) is 0 Å². The fourth-order valence-electron chi connectivity index (χ4n) is 2.78. The van der Waals surface area contributed by atoms with Crippen molar-refractivity contribution in [3.63, 3.8) is 0 Å². The van der Waals surface area contributed by atoms with E-state index in [1.807, 2.05) is 0 Å². The van der Waals surface area contributed by atoms with Gasteiger partial charge in [-0.2, -0.15) is 13.2 Å². The summed E-state index contributed by atoms with van der Waals surface area (Å²) in [5, 5.41) is 10.3. The van der Waals surface area contributed by atoms with E-state index >= 15 is 0 Å². The lowest BCUT2D eigenvalue weighted by Gasteiger charge is -2.17. The maximum Gasteiger partial charge on any atom is 0.446 e. The first kappa shape index (κ1) is 18.3. The van der Waals surface area contributed by atoms with Gasteiger partial charge in [-0.05, 0) is 42.3 Å². The molecule has 2 aromatic carbocycles. The third-order valence-electron chi connectivity index (χ3n) is 4.01. The van der Waals surface area contributed by atoms with E-state index in [9.17, 15) is 27.9 Å². The summed E-state index contributed by atoms with van der Waals surface area (Å²) in [6.07, 6.45) is 0.439. The highest BCUT2D eigenvalue weighted by atomic mass is 32.2. The Kier molecular flexibility index (Phi) is 4.91. The molecule has 2 aromatic rings. The quantitative estimate of drug-likeness (QED) is 0.603. The van der Waals surface area contributed by atoms with Gasteiger partial charge < -0.3 is 5.11 Å². The number of thioether (sulfide) groups is 1. The van der Waals surface area contributed by atoms with Crippen molar-refractivity contribution in [3.05, 3.63) is 70.8 Å². The van der Waals surface area contributed by atoms with Crippen molar-refractivity contribution in [2.45, 2.75) is 23.2 Å². The summed E-state index contributed by atoms with van der Waals surface area (Å²) in [4.78, 5) is 24.5. The molecule has 3 rings (SSSR count). The molecule has 0 amide bonds. The van der Waals surface area contributed by atoms with Gasteiger partial charge in [0.15, 0.2) is 0 Å². The van der Waals surface area contributed by atoms with Crippen LogP contribution in [-0.4, -0.2) is 22.2 Å². The normalized spacial score (nSPS) is 14.6. The third-order valence-corrected chi connectivity index (χ3v) is 4.75. The van der Waals surface area contributed by atoms with Gasteiger partial charge in [0.1, 0.15) is 5.76 Å². The standard InChI is InChI=1S/C19H13F3O3S/c20-19(21,22)26-12-8-5-11(6-9-12)7-10-15-16(23)13-3-1-2-4-14(13)17(24)18(15)25/h1-6,8-9,23H,7,10H2. The lowest BCUT2D eigenvalue weighted by Crippen LogP contribution is -2.24. The molecule has 1 aliphatic carbocycles. The number of fused-ring (bicyclic) bond motifs is 1. The second-order valence-corrected chi connectivity index (χ2v) is 6.86. The van der Waals surface area contributed by atoms with Gasteiger partial charge in [-0.1, -0.05) is 36.4 Å². The van der Waals surface area contributed by atoms with Crippen LogP contribution in [0.4, 0.5) is 13.2 Å². The van der Waals surface area contributed by atoms with E-state index in [0.29, 0.717) is 17.5 Å². The van der Waals surface area contributed by atoms with E-state index in [2.05, 4.69) is 0 Å². The van der Waals surface area contributed by atoms with Gasteiger partial charge in [0.2, 0.25) is 11.6 Å². The van der Waals surface area contributed by atoms with Crippen molar-refractivity contribution in [2.24, 2.45) is 0 Å². The largest absolute Gasteiger partial charge is 0.507 e. The molecule has 0 unspecified atom stereocenters. The number of aliphatic hydroxyl groups is 1. The van der Waals surface area contributed by atoms with Crippen LogP contribution in [0.1, 0.15) is 27.9 Å². The number of Topliss-reactive ketones (excluding diaryl/α,β-unsaturated/α-hetero) is 2. The fourth-order valence-corrected chi connectivity index (χ4v) is 3.32. The number of carbonyl (C=O) groups excluding carboxylic acids is 2. The minimum absolute atomic E-state index is 0.0300. The predicted octanol–water partition coefficient (Wildman–Crippen LogP) is 4.97.